The molecular weight excluding hydrogens is 335 g/mol. The number of rotatable bonds is 7. The van der Waals surface area contributed by atoms with E-state index < -0.39 is 0 Å². The number of aromatic nitrogens is 2. The fraction of sp³-hybridized carbons (Fsp3) is 0.312. The van der Waals surface area contributed by atoms with E-state index in [4.69, 9.17) is 23.2 Å². The maximum absolute atomic E-state index is 12.3. The van der Waals surface area contributed by atoms with E-state index in [0.717, 1.165) is 25.8 Å². The number of hydrogen-bond donors (Lipinski definition) is 2. The summed E-state index contributed by atoms with van der Waals surface area (Å²) in [7, 11) is 0. The monoisotopic (exact) mass is 352 g/mol. The van der Waals surface area contributed by atoms with Crippen LogP contribution in [0.4, 0.5) is 11.6 Å². The first kappa shape index (κ1) is 17.5. The van der Waals surface area contributed by atoms with Crippen LogP contribution in [0.5, 0.6) is 0 Å². The highest BCUT2D eigenvalue weighted by molar-refractivity contribution is 6.36. The van der Waals surface area contributed by atoms with Crippen LogP contribution in [-0.2, 0) is 0 Å². The van der Waals surface area contributed by atoms with E-state index in [1.54, 1.807) is 30.5 Å². The zero-order chi connectivity index (χ0) is 16.7. The van der Waals surface area contributed by atoms with Gasteiger partial charge in [-0.2, -0.15) is 0 Å². The fourth-order valence-electron chi connectivity index (χ4n) is 1.92. The predicted molar refractivity (Wildman–Crippen MR) is 94.5 cm³/mol. The molecule has 2 aromatic rings. The minimum atomic E-state index is -0.353. The molecule has 0 saturated heterocycles. The van der Waals surface area contributed by atoms with Gasteiger partial charge < -0.3 is 10.6 Å². The number of amides is 1. The number of carbonyl (C=O) groups is 1. The lowest BCUT2D eigenvalue weighted by molar-refractivity contribution is 0.102. The first-order valence-electron chi connectivity index (χ1n) is 7.43. The van der Waals surface area contributed by atoms with Crippen LogP contribution in [0, 0.1) is 0 Å². The van der Waals surface area contributed by atoms with Crippen LogP contribution in [0.3, 0.4) is 0 Å². The highest BCUT2D eigenvalue weighted by Crippen LogP contribution is 2.25. The lowest BCUT2D eigenvalue weighted by Gasteiger charge is -2.08. The van der Waals surface area contributed by atoms with E-state index in [9.17, 15) is 4.79 Å². The average Bonchev–Trinajstić information content (AvgIpc) is 2.54. The Hall–Kier alpha value is -1.85. The molecule has 1 aromatic carbocycles. The minimum absolute atomic E-state index is 0.268. The van der Waals surface area contributed by atoms with E-state index >= 15 is 0 Å². The SMILES string of the molecule is CCCCCNc1nccc(C(=O)Nc2ccc(Cl)cc2Cl)n1. The average molecular weight is 353 g/mol. The summed E-state index contributed by atoms with van der Waals surface area (Å²) in [5.41, 5.74) is 0.751. The van der Waals surface area contributed by atoms with Crippen molar-refractivity contribution in [2.24, 2.45) is 0 Å². The number of hydrogen-bond acceptors (Lipinski definition) is 4. The van der Waals surface area contributed by atoms with Crippen LogP contribution < -0.4 is 10.6 Å². The Morgan fingerprint density at radius 2 is 2.04 bits per heavy atom. The highest BCUT2D eigenvalue weighted by Gasteiger charge is 2.11. The number of benzene rings is 1. The molecular formula is C16H18Cl2N4O. The van der Waals surface area contributed by atoms with Crippen molar-refractivity contribution in [1.29, 1.82) is 0 Å². The number of anilines is 2. The highest BCUT2D eigenvalue weighted by atomic mass is 35.5. The molecule has 1 heterocycles. The van der Waals surface area contributed by atoms with Crippen molar-refractivity contribution in [3.63, 3.8) is 0 Å². The number of nitrogens with one attached hydrogen (secondary N) is 2. The normalized spacial score (nSPS) is 10.4. The largest absolute Gasteiger partial charge is 0.354 e. The van der Waals surface area contributed by atoms with E-state index in [1.165, 1.54) is 0 Å². The second-order valence-electron chi connectivity index (χ2n) is 4.98. The van der Waals surface area contributed by atoms with Crippen LogP contribution in [0.15, 0.2) is 30.5 Å². The number of nitrogens with zero attached hydrogens (tertiary/aromatic N) is 2. The standard InChI is InChI=1S/C16H18Cl2N4O/c1-2-3-4-8-19-16-20-9-7-14(22-16)15(23)21-13-6-5-11(17)10-12(13)18/h5-7,9-10H,2-4,8H2,1H3,(H,21,23)(H,19,20,22). The second kappa shape index (κ2) is 8.70. The number of halogens is 2. The van der Waals surface area contributed by atoms with Crippen LogP contribution in [0.25, 0.3) is 0 Å². The summed E-state index contributed by atoms with van der Waals surface area (Å²) in [6, 6.07) is 6.42. The van der Waals surface area contributed by atoms with Gasteiger partial charge in [-0.25, -0.2) is 9.97 Å². The summed E-state index contributed by atoms with van der Waals surface area (Å²) in [6.45, 7) is 2.92. The first-order chi connectivity index (χ1) is 11.1. The lowest BCUT2D eigenvalue weighted by Crippen LogP contribution is -2.15. The molecule has 0 bridgehead atoms. The summed E-state index contributed by atoms with van der Waals surface area (Å²) in [6.07, 6.45) is 4.87. The third-order valence-electron chi connectivity index (χ3n) is 3.13. The maximum Gasteiger partial charge on any atom is 0.274 e. The maximum atomic E-state index is 12.3. The molecule has 0 aliphatic heterocycles. The molecule has 0 radical (unpaired) electrons. The van der Waals surface area contributed by atoms with Gasteiger partial charge in [0, 0.05) is 17.8 Å². The zero-order valence-electron chi connectivity index (χ0n) is 12.8. The van der Waals surface area contributed by atoms with E-state index in [-0.39, 0.29) is 11.6 Å². The van der Waals surface area contributed by atoms with Gasteiger partial charge >= 0.3 is 0 Å². The van der Waals surface area contributed by atoms with Crippen LogP contribution in [0.2, 0.25) is 10.0 Å². The summed E-state index contributed by atoms with van der Waals surface area (Å²) in [4.78, 5) is 20.6. The molecule has 0 spiro atoms. The Morgan fingerprint density at radius 3 is 2.78 bits per heavy atom. The van der Waals surface area contributed by atoms with Crippen LogP contribution in [0.1, 0.15) is 36.7 Å². The van der Waals surface area contributed by atoms with Crippen molar-refractivity contribution in [2.45, 2.75) is 26.2 Å². The number of carbonyl (C=O) groups excluding carboxylic acids is 1. The Labute approximate surface area is 145 Å². The van der Waals surface area contributed by atoms with Crippen molar-refractivity contribution in [3.8, 4) is 0 Å². The van der Waals surface area contributed by atoms with Crippen LogP contribution in [-0.4, -0.2) is 22.4 Å². The molecule has 0 aliphatic rings. The van der Waals surface area contributed by atoms with Gasteiger partial charge in [0.05, 0.1) is 10.7 Å². The summed E-state index contributed by atoms with van der Waals surface area (Å²) in [5.74, 6) is 0.0872. The first-order valence-corrected chi connectivity index (χ1v) is 8.19. The molecule has 0 fully saturated rings. The molecule has 0 atom stereocenters. The molecule has 7 heteroatoms. The number of unbranched alkanes of at least 4 members (excludes halogenated alkanes) is 2. The summed E-state index contributed by atoms with van der Waals surface area (Å²) < 4.78 is 0. The summed E-state index contributed by atoms with van der Waals surface area (Å²) >= 11 is 11.9. The molecule has 1 amide bonds. The zero-order valence-corrected chi connectivity index (χ0v) is 14.3. The van der Waals surface area contributed by atoms with Gasteiger partial charge in [0.15, 0.2) is 0 Å². The van der Waals surface area contributed by atoms with Crippen molar-refractivity contribution in [3.05, 3.63) is 46.2 Å². The molecule has 5 nitrogen and oxygen atoms in total. The Kier molecular flexibility index (Phi) is 6.62. The van der Waals surface area contributed by atoms with E-state index in [0.29, 0.717) is 21.7 Å². The van der Waals surface area contributed by atoms with Gasteiger partial charge in [0.1, 0.15) is 5.69 Å². The Bertz CT molecular complexity index is 679. The van der Waals surface area contributed by atoms with Gasteiger partial charge in [-0.05, 0) is 30.7 Å². The van der Waals surface area contributed by atoms with Gasteiger partial charge in [-0.3, -0.25) is 4.79 Å². The molecule has 2 N–H and O–H groups in total. The molecule has 0 aliphatic carbocycles. The fourth-order valence-corrected chi connectivity index (χ4v) is 2.38. The van der Waals surface area contributed by atoms with Gasteiger partial charge in [0.25, 0.3) is 5.91 Å². The molecule has 0 unspecified atom stereocenters. The van der Waals surface area contributed by atoms with Crippen LogP contribution >= 0.6 is 23.2 Å². The Morgan fingerprint density at radius 1 is 1.22 bits per heavy atom. The lowest BCUT2D eigenvalue weighted by atomic mass is 10.2. The summed E-state index contributed by atoms with van der Waals surface area (Å²) in [5, 5.41) is 6.70. The molecule has 23 heavy (non-hydrogen) atoms. The van der Waals surface area contributed by atoms with Crippen molar-refractivity contribution < 1.29 is 4.79 Å². The molecule has 0 saturated carbocycles. The van der Waals surface area contributed by atoms with Crippen molar-refractivity contribution in [2.75, 3.05) is 17.2 Å². The minimum Gasteiger partial charge on any atom is -0.354 e. The van der Waals surface area contributed by atoms with Gasteiger partial charge in [0.2, 0.25) is 5.95 Å². The quantitative estimate of drug-likeness (QED) is 0.712. The third-order valence-corrected chi connectivity index (χ3v) is 3.68. The van der Waals surface area contributed by atoms with Crippen molar-refractivity contribution >= 4 is 40.7 Å². The topological polar surface area (TPSA) is 66.9 Å². The molecule has 2 rings (SSSR count). The van der Waals surface area contributed by atoms with Gasteiger partial charge in [-0.1, -0.05) is 43.0 Å². The molecule has 1 aromatic heterocycles. The third kappa shape index (κ3) is 5.37. The Balaban J connectivity index is 2.01. The van der Waals surface area contributed by atoms with Gasteiger partial charge in [-0.15, -0.1) is 0 Å². The van der Waals surface area contributed by atoms with E-state index in [2.05, 4.69) is 27.5 Å². The second-order valence-corrected chi connectivity index (χ2v) is 5.82. The van der Waals surface area contributed by atoms with Crippen molar-refractivity contribution in [1.82, 2.24) is 9.97 Å². The smallest absolute Gasteiger partial charge is 0.274 e. The molecule has 122 valence electrons. The van der Waals surface area contributed by atoms with E-state index in [1.807, 2.05) is 0 Å². The predicted octanol–water partition coefficient (Wildman–Crippen LogP) is 4.64.